The third kappa shape index (κ3) is 4.17. The molecule has 0 radical (unpaired) electrons. The molecule has 7 nitrogen and oxygen atoms in total. The Morgan fingerprint density at radius 2 is 1.76 bits per heavy atom. The first kappa shape index (κ1) is 22.2. The first-order chi connectivity index (χ1) is 16.4. The second-order valence-corrected chi connectivity index (χ2v) is 9.51. The van der Waals surface area contributed by atoms with Crippen LogP contribution in [0.25, 0.3) is 10.8 Å². The average Bonchev–Trinajstić information content (AvgIpc) is 3.43. The normalized spacial score (nSPS) is 18.1. The van der Waals surface area contributed by atoms with Gasteiger partial charge in [-0.15, -0.1) is 0 Å². The van der Waals surface area contributed by atoms with Crippen LogP contribution in [0.3, 0.4) is 0 Å². The highest BCUT2D eigenvalue weighted by molar-refractivity contribution is 8.14. The van der Waals surface area contributed by atoms with Crippen molar-refractivity contribution in [2.24, 2.45) is 5.10 Å². The summed E-state index contributed by atoms with van der Waals surface area (Å²) in [6.07, 6.45) is 0.544. The summed E-state index contributed by atoms with van der Waals surface area (Å²) in [6.45, 7) is -0.300. The summed E-state index contributed by atoms with van der Waals surface area (Å²) in [4.78, 5) is 40.5. The maximum Gasteiger partial charge on any atom is 0.289 e. The van der Waals surface area contributed by atoms with Crippen LogP contribution >= 0.6 is 11.8 Å². The van der Waals surface area contributed by atoms with Crippen LogP contribution in [0.2, 0.25) is 0 Å². The number of fused-ring (bicyclic) bond motifs is 1. The summed E-state index contributed by atoms with van der Waals surface area (Å²) >= 11 is 0.924. The van der Waals surface area contributed by atoms with Crippen LogP contribution in [0, 0.1) is 0 Å². The fourth-order valence-corrected chi connectivity index (χ4v) is 5.00. The van der Waals surface area contributed by atoms with Crippen molar-refractivity contribution in [3.63, 3.8) is 0 Å². The Bertz CT molecular complexity index is 1300. The molecule has 0 aliphatic carbocycles. The van der Waals surface area contributed by atoms with Gasteiger partial charge in [0.2, 0.25) is 5.91 Å². The van der Waals surface area contributed by atoms with Crippen molar-refractivity contribution in [3.05, 3.63) is 77.9 Å². The predicted molar refractivity (Wildman–Crippen MR) is 135 cm³/mol. The van der Waals surface area contributed by atoms with E-state index >= 15 is 0 Å². The number of hydrazone groups is 1. The van der Waals surface area contributed by atoms with E-state index in [9.17, 15) is 14.4 Å². The highest BCUT2D eigenvalue weighted by Crippen LogP contribution is 2.34. The van der Waals surface area contributed by atoms with Crippen LogP contribution in [-0.4, -0.2) is 59.1 Å². The molecule has 8 heteroatoms. The van der Waals surface area contributed by atoms with Crippen molar-refractivity contribution >= 4 is 51.0 Å². The van der Waals surface area contributed by atoms with E-state index in [2.05, 4.69) is 24.3 Å². The van der Waals surface area contributed by atoms with Gasteiger partial charge in [0.1, 0.15) is 6.54 Å². The highest BCUT2D eigenvalue weighted by atomic mass is 32.2. The van der Waals surface area contributed by atoms with Crippen molar-refractivity contribution in [2.75, 3.05) is 31.3 Å². The lowest BCUT2D eigenvalue weighted by atomic mass is 9.96. The molecule has 1 atom stereocenters. The zero-order valence-corrected chi connectivity index (χ0v) is 19.8. The predicted octanol–water partition coefficient (Wildman–Crippen LogP) is 4.28. The minimum Gasteiger partial charge on any atom is -0.378 e. The summed E-state index contributed by atoms with van der Waals surface area (Å²) in [5, 5.41) is 8.00. The van der Waals surface area contributed by atoms with E-state index in [1.54, 1.807) is 0 Å². The quantitative estimate of drug-likeness (QED) is 0.554. The fourth-order valence-electron chi connectivity index (χ4n) is 4.28. The number of imide groups is 1. The van der Waals surface area contributed by atoms with Crippen molar-refractivity contribution in [2.45, 2.75) is 12.5 Å². The third-order valence-electron chi connectivity index (χ3n) is 6.18. The lowest BCUT2D eigenvalue weighted by Gasteiger charge is -2.24. The van der Waals surface area contributed by atoms with Gasteiger partial charge in [0.05, 0.1) is 17.5 Å². The minimum absolute atomic E-state index is 0.0765. The highest BCUT2D eigenvalue weighted by Gasteiger charge is 2.37. The van der Waals surface area contributed by atoms with Crippen molar-refractivity contribution < 1.29 is 14.4 Å². The number of rotatable bonds is 5. The molecular weight excluding hydrogens is 448 g/mol. The molecule has 0 saturated carbocycles. The van der Waals surface area contributed by atoms with Gasteiger partial charge in [-0.05, 0) is 40.1 Å². The zero-order chi connectivity index (χ0) is 23.8. The van der Waals surface area contributed by atoms with Gasteiger partial charge in [0.15, 0.2) is 0 Å². The molecule has 2 heterocycles. The summed E-state index contributed by atoms with van der Waals surface area (Å²) in [5.41, 5.74) is 3.76. The maximum absolute atomic E-state index is 13.3. The van der Waals surface area contributed by atoms with Gasteiger partial charge in [0, 0.05) is 26.2 Å². The first-order valence-electron chi connectivity index (χ1n) is 11.0. The number of thioether (sulfide) groups is 1. The monoisotopic (exact) mass is 472 g/mol. The molecule has 5 rings (SSSR count). The number of carbonyl (C=O) groups excluding carboxylic acids is 3. The second kappa shape index (κ2) is 8.95. The minimum atomic E-state index is -0.386. The number of hydrogen-bond acceptors (Lipinski definition) is 6. The summed E-state index contributed by atoms with van der Waals surface area (Å²) in [6, 6.07) is 22.0. The van der Waals surface area contributed by atoms with Crippen molar-refractivity contribution in [1.29, 1.82) is 0 Å². The van der Waals surface area contributed by atoms with Gasteiger partial charge in [-0.2, -0.15) is 5.10 Å². The summed E-state index contributed by atoms with van der Waals surface area (Å²) in [5.74, 6) is -0.637. The van der Waals surface area contributed by atoms with Gasteiger partial charge in [-0.25, -0.2) is 5.01 Å². The van der Waals surface area contributed by atoms with E-state index in [0.717, 1.165) is 50.0 Å². The number of carbonyl (C=O) groups is 3. The molecule has 3 amide bonds. The SMILES string of the molecule is CN(C)c1ccc(C2CC(c3ccc4ccccc4c3)=NN2C(=O)CN2C(=O)CSC2=O)cc1. The lowest BCUT2D eigenvalue weighted by Crippen LogP contribution is -2.40. The maximum atomic E-state index is 13.3. The molecule has 0 bridgehead atoms. The molecule has 0 aromatic heterocycles. The first-order valence-corrected chi connectivity index (χ1v) is 12.0. The summed E-state index contributed by atoms with van der Waals surface area (Å²) < 4.78 is 0. The van der Waals surface area contributed by atoms with Crippen LogP contribution in [-0.2, 0) is 9.59 Å². The number of hydrogen-bond donors (Lipinski definition) is 0. The van der Waals surface area contributed by atoms with Crippen LogP contribution in [0.4, 0.5) is 10.5 Å². The Morgan fingerprint density at radius 1 is 1.03 bits per heavy atom. The molecule has 1 fully saturated rings. The van der Waals surface area contributed by atoms with Gasteiger partial charge in [-0.1, -0.05) is 60.3 Å². The molecule has 1 saturated heterocycles. The number of anilines is 1. The zero-order valence-electron chi connectivity index (χ0n) is 19.0. The molecule has 0 N–H and O–H groups in total. The Balaban J connectivity index is 1.48. The Labute approximate surface area is 202 Å². The second-order valence-electron chi connectivity index (χ2n) is 8.59. The largest absolute Gasteiger partial charge is 0.378 e. The third-order valence-corrected chi connectivity index (χ3v) is 7.04. The molecule has 172 valence electrons. The van der Waals surface area contributed by atoms with Crippen LogP contribution < -0.4 is 4.90 Å². The Kier molecular flexibility index (Phi) is 5.83. The number of amides is 3. The number of nitrogens with zero attached hydrogens (tertiary/aromatic N) is 4. The van der Waals surface area contributed by atoms with Crippen LogP contribution in [0.5, 0.6) is 0 Å². The van der Waals surface area contributed by atoms with Gasteiger partial charge >= 0.3 is 0 Å². The Morgan fingerprint density at radius 3 is 2.44 bits per heavy atom. The number of benzene rings is 3. The van der Waals surface area contributed by atoms with Gasteiger partial charge < -0.3 is 4.90 Å². The molecule has 0 spiro atoms. The lowest BCUT2D eigenvalue weighted by molar-refractivity contribution is -0.137. The van der Waals surface area contributed by atoms with E-state index in [0.29, 0.717) is 6.42 Å². The summed E-state index contributed by atoms with van der Waals surface area (Å²) in [7, 11) is 3.95. The Hall–Kier alpha value is -3.65. The topological polar surface area (TPSA) is 73.3 Å². The smallest absolute Gasteiger partial charge is 0.289 e. The van der Waals surface area contributed by atoms with E-state index in [1.807, 2.05) is 61.5 Å². The van der Waals surface area contributed by atoms with Crippen molar-refractivity contribution in [1.82, 2.24) is 9.91 Å². The van der Waals surface area contributed by atoms with E-state index < -0.39 is 0 Å². The standard InChI is InChI=1S/C26H24N4O3S/c1-28(2)21-11-9-18(10-12-21)23-14-22(20-8-7-17-5-3-4-6-19(17)13-20)27-30(23)24(31)15-29-25(32)16-34-26(29)33/h3-13,23H,14-16H2,1-2H3. The molecule has 3 aromatic carbocycles. The van der Waals surface area contributed by atoms with Gasteiger partial charge in [-0.3, -0.25) is 19.3 Å². The molecule has 2 aliphatic heterocycles. The van der Waals surface area contributed by atoms with E-state index in [4.69, 9.17) is 5.10 Å². The molecular formula is C26H24N4O3S. The fraction of sp³-hybridized carbons (Fsp3) is 0.231. The molecule has 3 aromatic rings. The molecule has 1 unspecified atom stereocenters. The van der Waals surface area contributed by atoms with Crippen LogP contribution in [0.1, 0.15) is 23.6 Å². The van der Waals surface area contributed by atoms with Gasteiger partial charge in [0.25, 0.3) is 11.1 Å². The molecule has 34 heavy (non-hydrogen) atoms. The van der Waals surface area contributed by atoms with E-state index in [-0.39, 0.29) is 35.4 Å². The van der Waals surface area contributed by atoms with E-state index in [1.165, 1.54) is 5.01 Å². The van der Waals surface area contributed by atoms with Crippen LogP contribution in [0.15, 0.2) is 71.8 Å². The average molecular weight is 473 g/mol. The molecule has 2 aliphatic rings. The van der Waals surface area contributed by atoms with Crippen molar-refractivity contribution in [3.8, 4) is 0 Å².